The smallest absolute Gasteiger partial charge is 0.395 e. The van der Waals surface area contributed by atoms with E-state index in [9.17, 15) is 14.9 Å². The Labute approximate surface area is 107 Å². The van der Waals surface area contributed by atoms with E-state index < -0.39 is 16.7 Å². The lowest BCUT2D eigenvalue weighted by atomic mass is 10.2. The minimum absolute atomic E-state index is 0.0383. The van der Waals surface area contributed by atoms with Crippen LogP contribution in [0.25, 0.3) is 0 Å². The first kappa shape index (κ1) is 13.7. The molecular formula is C10H13BrN2O4. The predicted octanol–water partition coefficient (Wildman–Crippen LogP) is 2.48. The maximum absolute atomic E-state index is 11.5. The van der Waals surface area contributed by atoms with Gasteiger partial charge in [-0.2, -0.15) is 0 Å². The molecule has 1 N–H and O–H groups in total. The largest absolute Gasteiger partial charge is 0.433 e. The van der Waals surface area contributed by atoms with Crippen molar-refractivity contribution in [2.45, 2.75) is 24.6 Å². The van der Waals surface area contributed by atoms with Gasteiger partial charge in [-0.1, -0.05) is 22.9 Å². The van der Waals surface area contributed by atoms with Gasteiger partial charge in [-0.05, 0) is 18.9 Å². The number of amides is 1. The second-order valence-corrected chi connectivity index (χ2v) is 5.14. The van der Waals surface area contributed by atoms with Crippen LogP contribution in [0.2, 0.25) is 0 Å². The maximum Gasteiger partial charge on any atom is 0.433 e. The highest BCUT2D eigenvalue weighted by Crippen LogP contribution is 2.15. The lowest BCUT2D eigenvalue weighted by Crippen LogP contribution is -2.24. The fraction of sp³-hybridized carbons (Fsp3) is 0.500. The third-order valence-corrected chi connectivity index (χ3v) is 2.52. The van der Waals surface area contributed by atoms with Crippen LogP contribution in [0.15, 0.2) is 16.5 Å². The van der Waals surface area contributed by atoms with Gasteiger partial charge in [-0.3, -0.25) is 14.9 Å². The Hall–Kier alpha value is -1.37. The summed E-state index contributed by atoms with van der Waals surface area (Å²) in [7, 11) is 0. The molecule has 0 aliphatic heterocycles. The molecule has 1 heterocycles. The number of hydrogen-bond acceptors (Lipinski definition) is 4. The lowest BCUT2D eigenvalue weighted by molar-refractivity contribution is -0.402. The molecule has 0 saturated heterocycles. The molecule has 1 aromatic rings. The van der Waals surface area contributed by atoms with Crippen LogP contribution in [0.3, 0.4) is 0 Å². The van der Waals surface area contributed by atoms with Gasteiger partial charge in [-0.15, -0.1) is 0 Å². The number of rotatable bonds is 6. The van der Waals surface area contributed by atoms with Crippen LogP contribution in [0, 0.1) is 10.1 Å². The zero-order valence-electron chi connectivity index (χ0n) is 9.31. The molecule has 0 fully saturated rings. The first-order valence-electron chi connectivity index (χ1n) is 5.17. The van der Waals surface area contributed by atoms with E-state index in [4.69, 9.17) is 4.42 Å². The Morgan fingerprint density at radius 2 is 2.35 bits per heavy atom. The molecule has 7 heteroatoms. The van der Waals surface area contributed by atoms with E-state index in [0.717, 1.165) is 18.9 Å². The minimum Gasteiger partial charge on any atom is -0.395 e. The summed E-state index contributed by atoms with van der Waals surface area (Å²) in [6.07, 6.45) is 1.78. The summed E-state index contributed by atoms with van der Waals surface area (Å²) >= 11 is 3.40. The summed E-state index contributed by atoms with van der Waals surface area (Å²) in [5.74, 6) is -0.895. The van der Waals surface area contributed by atoms with Gasteiger partial charge >= 0.3 is 5.88 Å². The highest BCUT2D eigenvalue weighted by molar-refractivity contribution is 9.09. The van der Waals surface area contributed by atoms with E-state index in [0.29, 0.717) is 11.4 Å². The van der Waals surface area contributed by atoms with Crippen molar-refractivity contribution in [2.24, 2.45) is 0 Å². The van der Waals surface area contributed by atoms with Gasteiger partial charge in [0.1, 0.15) is 4.92 Å². The zero-order chi connectivity index (χ0) is 12.8. The number of halogens is 1. The van der Waals surface area contributed by atoms with Gasteiger partial charge in [0.15, 0.2) is 5.76 Å². The molecule has 6 nitrogen and oxygen atoms in total. The van der Waals surface area contributed by atoms with Gasteiger partial charge in [0, 0.05) is 11.4 Å². The van der Waals surface area contributed by atoms with E-state index in [-0.39, 0.29) is 5.76 Å². The molecule has 0 spiro atoms. The quantitative estimate of drug-likeness (QED) is 0.378. The van der Waals surface area contributed by atoms with Crippen molar-refractivity contribution >= 4 is 27.7 Å². The summed E-state index contributed by atoms with van der Waals surface area (Å²) < 4.78 is 4.76. The summed E-state index contributed by atoms with van der Waals surface area (Å²) in [4.78, 5) is 21.6. The second-order valence-electron chi connectivity index (χ2n) is 3.57. The predicted molar refractivity (Wildman–Crippen MR) is 65.3 cm³/mol. The van der Waals surface area contributed by atoms with Crippen molar-refractivity contribution in [2.75, 3.05) is 6.54 Å². The van der Waals surface area contributed by atoms with Crippen molar-refractivity contribution < 1.29 is 14.1 Å². The van der Waals surface area contributed by atoms with Crippen molar-refractivity contribution in [3.8, 4) is 0 Å². The van der Waals surface area contributed by atoms with E-state index in [1.165, 1.54) is 6.07 Å². The van der Waals surface area contributed by atoms with Crippen molar-refractivity contribution in [3.05, 3.63) is 28.0 Å². The third kappa shape index (κ3) is 4.56. The molecule has 0 radical (unpaired) electrons. The maximum atomic E-state index is 11.5. The summed E-state index contributed by atoms with van der Waals surface area (Å²) in [6.45, 7) is 2.54. The lowest BCUT2D eigenvalue weighted by Gasteiger charge is -2.04. The topological polar surface area (TPSA) is 85.4 Å². The number of alkyl halides is 1. The number of nitro groups is 1. The van der Waals surface area contributed by atoms with Crippen LogP contribution in [-0.4, -0.2) is 22.2 Å². The van der Waals surface area contributed by atoms with Gasteiger partial charge in [-0.25, -0.2) is 0 Å². The number of carbonyl (C=O) groups excluding carboxylic acids is 1. The van der Waals surface area contributed by atoms with Crippen LogP contribution in [0.4, 0.5) is 5.88 Å². The molecule has 1 unspecified atom stereocenters. The Morgan fingerprint density at radius 1 is 1.65 bits per heavy atom. The fourth-order valence-electron chi connectivity index (χ4n) is 1.22. The SMILES string of the molecule is CC(Br)CCCNC(=O)c1ccc([N+](=O)[O-])o1. The summed E-state index contributed by atoms with van der Waals surface area (Å²) in [5.41, 5.74) is 0. The monoisotopic (exact) mass is 304 g/mol. The van der Waals surface area contributed by atoms with Crippen LogP contribution in [-0.2, 0) is 0 Å². The Balaban J connectivity index is 2.39. The zero-order valence-corrected chi connectivity index (χ0v) is 10.9. The van der Waals surface area contributed by atoms with Gasteiger partial charge in [0.25, 0.3) is 5.91 Å². The van der Waals surface area contributed by atoms with Crippen LogP contribution in [0.1, 0.15) is 30.3 Å². The first-order chi connectivity index (χ1) is 8.00. The standard InChI is InChI=1S/C10H13BrN2O4/c1-7(11)3-2-6-12-10(14)8-4-5-9(17-8)13(15)16/h4-5,7H,2-3,6H2,1H3,(H,12,14). The van der Waals surface area contributed by atoms with Crippen molar-refractivity contribution in [1.82, 2.24) is 5.32 Å². The van der Waals surface area contributed by atoms with E-state index >= 15 is 0 Å². The molecule has 0 bridgehead atoms. The minimum atomic E-state index is -0.677. The first-order valence-corrected chi connectivity index (χ1v) is 6.08. The molecule has 0 aliphatic carbocycles. The molecule has 1 atom stereocenters. The number of nitrogens with one attached hydrogen (secondary N) is 1. The second kappa shape index (κ2) is 6.39. The number of furan rings is 1. The molecule has 1 aromatic heterocycles. The van der Waals surface area contributed by atoms with Crippen LogP contribution < -0.4 is 5.32 Å². The molecule has 1 rings (SSSR count). The van der Waals surface area contributed by atoms with Gasteiger partial charge < -0.3 is 9.73 Å². The summed E-state index contributed by atoms with van der Waals surface area (Å²) in [5, 5.41) is 13.0. The van der Waals surface area contributed by atoms with E-state index in [2.05, 4.69) is 21.2 Å². The average Bonchev–Trinajstić information content (AvgIpc) is 2.73. The number of nitrogens with zero attached hydrogens (tertiary/aromatic N) is 1. The molecule has 0 saturated carbocycles. The molecule has 94 valence electrons. The van der Waals surface area contributed by atoms with Crippen LogP contribution in [0.5, 0.6) is 0 Å². The molecule has 0 aliphatic rings. The normalized spacial score (nSPS) is 12.1. The molecule has 17 heavy (non-hydrogen) atoms. The Kier molecular flexibility index (Phi) is 5.14. The summed E-state index contributed by atoms with van der Waals surface area (Å²) in [6, 6.07) is 2.45. The average molecular weight is 305 g/mol. The third-order valence-electron chi connectivity index (χ3n) is 2.06. The van der Waals surface area contributed by atoms with Crippen molar-refractivity contribution in [1.29, 1.82) is 0 Å². The van der Waals surface area contributed by atoms with Gasteiger partial charge in [0.2, 0.25) is 0 Å². The molecular weight excluding hydrogens is 292 g/mol. The Morgan fingerprint density at radius 3 is 2.88 bits per heavy atom. The van der Waals surface area contributed by atoms with E-state index in [1.54, 1.807) is 0 Å². The molecule has 0 aromatic carbocycles. The van der Waals surface area contributed by atoms with Crippen molar-refractivity contribution in [3.63, 3.8) is 0 Å². The highest BCUT2D eigenvalue weighted by Gasteiger charge is 2.16. The van der Waals surface area contributed by atoms with Crippen LogP contribution >= 0.6 is 15.9 Å². The van der Waals surface area contributed by atoms with E-state index in [1.807, 2.05) is 6.92 Å². The van der Waals surface area contributed by atoms with Gasteiger partial charge in [0.05, 0.1) is 6.07 Å². The fourth-order valence-corrected chi connectivity index (χ4v) is 1.54. The Bertz CT molecular complexity index is 403. The molecule has 1 amide bonds. The number of carbonyl (C=O) groups is 1. The number of hydrogen-bond donors (Lipinski definition) is 1. The highest BCUT2D eigenvalue weighted by atomic mass is 79.9.